The molecular weight excluding hydrogens is 232 g/mol. The van der Waals surface area contributed by atoms with Crippen LogP contribution < -0.4 is 10.2 Å². The maximum absolute atomic E-state index is 3.65. The lowest BCUT2D eigenvalue weighted by Gasteiger charge is -2.36. The molecule has 1 heterocycles. The summed E-state index contributed by atoms with van der Waals surface area (Å²) in [6.07, 6.45) is 1.26. The predicted molar refractivity (Wildman–Crippen MR) is 84.0 cm³/mol. The Kier molecular flexibility index (Phi) is 4.87. The lowest BCUT2D eigenvalue weighted by Crippen LogP contribution is -2.51. The molecule has 1 aliphatic rings. The molecule has 106 valence electrons. The van der Waals surface area contributed by atoms with E-state index in [4.69, 9.17) is 0 Å². The minimum atomic E-state index is 0.606. The highest BCUT2D eigenvalue weighted by molar-refractivity contribution is 5.49. The van der Waals surface area contributed by atoms with Crippen LogP contribution >= 0.6 is 0 Å². The summed E-state index contributed by atoms with van der Waals surface area (Å²) in [5.74, 6) is 1.37. The normalized spacial score (nSPS) is 20.3. The average molecular weight is 260 g/mol. The van der Waals surface area contributed by atoms with Crippen molar-refractivity contribution < 1.29 is 0 Å². The highest BCUT2D eigenvalue weighted by Crippen LogP contribution is 2.23. The van der Waals surface area contributed by atoms with Crippen LogP contribution in [0.2, 0.25) is 0 Å². The molecule has 1 aliphatic heterocycles. The number of benzene rings is 1. The molecule has 0 spiro atoms. The van der Waals surface area contributed by atoms with E-state index in [1.807, 2.05) is 0 Å². The number of nitrogens with one attached hydrogen (secondary N) is 1. The molecule has 1 aromatic rings. The Bertz CT molecular complexity index is 398. The summed E-state index contributed by atoms with van der Waals surface area (Å²) in [6.45, 7) is 12.5. The lowest BCUT2D eigenvalue weighted by atomic mass is 10.00. The summed E-state index contributed by atoms with van der Waals surface area (Å²) in [7, 11) is 0. The van der Waals surface area contributed by atoms with E-state index < -0.39 is 0 Å². The first-order chi connectivity index (χ1) is 9.06. The Morgan fingerprint density at radius 1 is 1.26 bits per heavy atom. The molecule has 0 aromatic heterocycles. The average Bonchev–Trinajstić information content (AvgIpc) is 2.38. The van der Waals surface area contributed by atoms with Gasteiger partial charge in [0.15, 0.2) is 0 Å². The van der Waals surface area contributed by atoms with Crippen molar-refractivity contribution in [2.24, 2.45) is 5.92 Å². The van der Waals surface area contributed by atoms with E-state index in [0.29, 0.717) is 12.0 Å². The van der Waals surface area contributed by atoms with E-state index in [1.165, 1.54) is 17.7 Å². The predicted octanol–water partition coefficient (Wildman–Crippen LogP) is 3.63. The second-order valence-corrected chi connectivity index (χ2v) is 6.48. The first-order valence-corrected chi connectivity index (χ1v) is 7.64. The fourth-order valence-corrected chi connectivity index (χ4v) is 2.87. The highest BCUT2D eigenvalue weighted by atomic mass is 15.2. The van der Waals surface area contributed by atoms with Crippen LogP contribution in [0.4, 0.5) is 5.69 Å². The molecule has 1 atom stereocenters. The number of piperazine rings is 1. The molecule has 1 N–H and O–H groups in total. The third kappa shape index (κ3) is 3.97. The SMILES string of the molecule is CC(C)CC1CN(c2cccc(C(C)C)c2)CCN1. The quantitative estimate of drug-likeness (QED) is 0.889. The monoisotopic (exact) mass is 260 g/mol. The second kappa shape index (κ2) is 6.42. The van der Waals surface area contributed by atoms with Gasteiger partial charge >= 0.3 is 0 Å². The van der Waals surface area contributed by atoms with Crippen molar-refractivity contribution in [1.29, 1.82) is 0 Å². The van der Waals surface area contributed by atoms with Crippen LogP contribution in [0.15, 0.2) is 24.3 Å². The van der Waals surface area contributed by atoms with Gasteiger partial charge < -0.3 is 10.2 Å². The summed E-state index contributed by atoms with van der Waals surface area (Å²) in [4.78, 5) is 2.54. The van der Waals surface area contributed by atoms with Gasteiger partial charge in [-0.1, -0.05) is 39.8 Å². The van der Waals surface area contributed by atoms with Crippen LogP contribution in [0.25, 0.3) is 0 Å². The van der Waals surface area contributed by atoms with Crippen molar-refractivity contribution in [1.82, 2.24) is 5.32 Å². The van der Waals surface area contributed by atoms with E-state index in [2.05, 4.69) is 62.2 Å². The van der Waals surface area contributed by atoms with Crippen molar-refractivity contribution in [2.45, 2.75) is 46.1 Å². The van der Waals surface area contributed by atoms with E-state index in [9.17, 15) is 0 Å². The Morgan fingerprint density at radius 3 is 2.74 bits per heavy atom. The highest BCUT2D eigenvalue weighted by Gasteiger charge is 2.20. The van der Waals surface area contributed by atoms with Crippen LogP contribution in [0.5, 0.6) is 0 Å². The van der Waals surface area contributed by atoms with E-state index in [-0.39, 0.29) is 0 Å². The molecule has 2 nitrogen and oxygen atoms in total. The summed E-state index contributed by atoms with van der Waals surface area (Å²) in [5.41, 5.74) is 2.83. The van der Waals surface area contributed by atoms with Crippen LogP contribution in [-0.2, 0) is 0 Å². The molecule has 1 unspecified atom stereocenters. The van der Waals surface area contributed by atoms with Gasteiger partial charge in [0.2, 0.25) is 0 Å². The Hall–Kier alpha value is -1.02. The Labute approximate surface area is 118 Å². The molecule has 0 radical (unpaired) electrons. The van der Waals surface area contributed by atoms with Crippen LogP contribution in [0.1, 0.15) is 45.6 Å². The Morgan fingerprint density at radius 2 is 2.05 bits per heavy atom. The summed E-state index contributed by atoms with van der Waals surface area (Å²) in [6, 6.07) is 9.69. The van der Waals surface area contributed by atoms with Gasteiger partial charge in [0.25, 0.3) is 0 Å². The molecule has 0 bridgehead atoms. The zero-order valence-electron chi connectivity index (χ0n) is 12.8. The molecule has 2 rings (SSSR count). The van der Waals surface area contributed by atoms with Gasteiger partial charge in [-0.15, -0.1) is 0 Å². The molecule has 19 heavy (non-hydrogen) atoms. The summed E-state index contributed by atoms with van der Waals surface area (Å²) in [5, 5.41) is 3.65. The summed E-state index contributed by atoms with van der Waals surface area (Å²) < 4.78 is 0. The molecule has 1 aromatic carbocycles. The standard InChI is InChI=1S/C17H28N2/c1-13(2)10-16-12-19(9-8-18-16)17-7-5-6-15(11-17)14(3)4/h5-7,11,13-14,16,18H,8-10,12H2,1-4H3. The van der Waals surface area contributed by atoms with Gasteiger partial charge in [-0.2, -0.15) is 0 Å². The second-order valence-electron chi connectivity index (χ2n) is 6.48. The van der Waals surface area contributed by atoms with Gasteiger partial charge in [0.1, 0.15) is 0 Å². The largest absolute Gasteiger partial charge is 0.369 e. The fraction of sp³-hybridized carbons (Fsp3) is 0.647. The molecule has 0 amide bonds. The molecule has 2 heteroatoms. The van der Waals surface area contributed by atoms with Gasteiger partial charge in [-0.3, -0.25) is 0 Å². The lowest BCUT2D eigenvalue weighted by molar-refractivity contribution is 0.388. The van der Waals surface area contributed by atoms with Gasteiger partial charge in [-0.25, -0.2) is 0 Å². The minimum Gasteiger partial charge on any atom is -0.369 e. The van der Waals surface area contributed by atoms with E-state index >= 15 is 0 Å². The third-order valence-corrected chi connectivity index (χ3v) is 3.91. The van der Waals surface area contributed by atoms with Crippen molar-refractivity contribution >= 4 is 5.69 Å². The van der Waals surface area contributed by atoms with Gasteiger partial charge in [0.05, 0.1) is 0 Å². The first-order valence-electron chi connectivity index (χ1n) is 7.64. The van der Waals surface area contributed by atoms with Crippen LogP contribution in [0.3, 0.4) is 0 Å². The Balaban J connectivity index is 2.06. The van der Waals surface area contributed by atoms with E-state index in [1.54, 1.807) is 0 Å². The smallest absolute Gasteiger partial charge is 0.0370 e. The fourth-order valence-electron chi connectivity index (χ4n) is 2.87. The van der Waals surface area contributed by atoms with Gasteiger partial charge in [-0.05, 0) is 36.0 Å². The first kappa shape index (κ1) is 14.4. The topological polar surface area (TPSA) is 15.3 Å². The van der Waals surface area contributed by atoms with Crippen LogP contribution in [-0.4, -0.2) is 25.7 Å². The van der Waals surface area contributed by atoms with Crippen molar-refractivity contribution in [3.8, 4) is 0 Å². The third-order valence-electron chi connectivity index (χ3n) is 3.91. The van der Waals surface area contributed by atoms with E-state index in [0.717, 1.165) is 25.6 Å². The molecule has 0 saturated carbocycles. The summed E-state index contributed by atoms with van der Waals surface area (Å²) >= 11 is 0. The maximum atomic E-state index is 3.65. The number of hydrogen-bond acceptors (Lipinski definition) is 2. The zero-order chi connectivity index (χ0) is 13.8. The number of rotatable bonds is 4. The van der Waals surface area contributed by atoms with Crippen LogP contribution in [0, 0.1) is 5.92 Å². The van der Waals surface area contributed by atoms with Crippen molar-refractivity contribution in [2.75, 3.05) is 24.5 Å². The molecular formula is C17H28N2. The molecule has 1 saturated heterocycles. The number of anilines is 1. The zero-order valence-corrected chi connectivity index (χ0v) is 12.8. The molecule has 1 fully saturated rings. The minimum absolute atomic E-state index is 0.606. The number of nitrogens with zero attached hydrogens (tertiary/aromatic N) is 1. The molecule has 0 aliphatic carbocycles. The number of hydrogen-bond donors (Lipinski definition) is 1. The van der Waals surface area contributed by atoms with Crippen molar-refractivity contribution in [3.63, 3.8) is 0 Å². The van der Waals surface area contributed by atoms with Crippen molar-refractivity contribution in [3.05, 3.63) is 29.8 Å². The maximum Gasteiger partial charge on any atom is 0.0370 e. The van der Waals surface area contributed by atoms with Gasteiger partial charge in [0, 0.05) is 31.4 Å².